The van der Waals surface area contributed by atoms with Gasteiger partial charge in [-0.15, -0.1) is 0 Å². The average molecular weight is 213 g/mol. The quantitative estimate of drug-likeness (QED) is 0.777. The van der Waals surface area contributed by atoms with Gasteiger partial charge >= 0.3 is 0 Å². The first-order valence-electron chi connectivity index (χ1n) is 3.06. The van der Waals surface area contributed by atoms with Crippen LogP contribution >= 0.6 is 15.9 Å². The summed E-state index contributed by atoms with van der Waals surface area (Å²) < 4.78 is 2.60. The first-order chi connectivity index (χ1) is 5.36. The van der Waals surface area contributed by atoms with Gasteiger partial charge in [-0.05, 0) is 15.9 Å². The standard InChI is InChI=1S/C6H5BrN4/c7-5-3-10-11(4-5)6-8-1-2-9-6/h1-4H,(H,8,9). The molecular formula is C6H5BrN4. The molecule has 2 rings (SSSR count). The fourth-order valence-corrected chi connectivity index (χ4v) is 1.08. The molecule has 5 heteroatoms. The molecule has 0 spiro atoms. The van der Waals surface area contributed by atoms with Gasteiger partial charge in [0.1, 0.15) is 0 Å². The van der Waals surface area contributed by atoms with Crippen molar-refractivity contribution in [2.45, 2.75) is 0 Å². The summed E-state index contributed by atoms with van der Waals surface area (Å²) in [6.07, 6.45) is 6.98. The molecule has 0 unspecified atom stereocenters. The Balaban J connectivity index is 2.45. The second kappa shape index (κ2) is 2.50. The molecule has 0 bridgehead atoms. The number of aromatic amines is 1. The van der Waals surface area contributed by atoms with Crippen LogP contribution in [0.2, 0.25) is 0 Å². The number of halogens is 1. The van der Waals surface area contributed by atoms with E-state index in [0.29, 0.717) is 0 Å². The lowest BCUT2D eigenvalue weighted by Gasteiger charge is -1.91. The van der Waals surface area contributed by atoms with Crippen molar-refractivity contribution < 1.29 is 0 Å². The molecule has 0 saturated carbocycles. The third-order valence-corrected chi connectivity index (χ3v) is 1.66. The van der Waals surface area contributed by atoms with Gasteiger partial charge in [0.05, 0.1) is 10.7 Å². The van der Waals surface area contributed by atoms with Crippen LogP contribution in [0.25, 0.3) is 5.95 Å². The molecule has 2 aromatic heterocycles. The molecule has 11 heavy (non-hydrogen) atoms. The predicted octanol–water partition coefficient (Wildman–Crippen LogP) is 1.36. The Labute approximate surface area is 71.4 Å². The first kappa shape index (κ1) is 6.60. The summed E-state index contributed by atoms with van der Waals surface area (Å²) in [5.74, 6) is 0.718. The summed E-state index contributed by atoms with van der Waals surface area (Å²) in [4.78, 5) is 6.96. The van der Waals surface area contributed by atoms with E-state index in [9.17, 15) is 0 Å². The molecule has 0 atom stereocenters. The summed E-state index contributed by atoms with van der Waals surface area (Å²) in [5, 5.41) is 4.03. The molecule has 2 heterocycles. The summed E-state index contributed by atoms with van der Waals surface area (Å²) >= 11 is 3.29. The highest BCUT2D eigenvalue weighted by molar-refractivity contribution is 9.10. The molecule has 0 radical (unpaired) electrons. The van der Waals surface area contributed by atoms with E-state index in [4.69, 9.17) is 0 Å². The normalized spacial score (nSPS) is 10.3. The van der Waals surface area contributed by atoms with Crippen molar-refractivity contribution in [3.05, 3.63) is 29.3 Å². The minimum absolute atomic E-state index is 0.718. The van der Waals surface area contributed by atoms with Gasteiger partial charge in [-0.2, -0.15) is 5.10 Å². The maximum Gasteiger partial charge on any atom is 0.227 e. The molecule has 0 aliphatic rings. The van der Waals surface area contributed by atoms with Crippen LogP contribution in [-0.2, 0) is 0 Å². The number of hydrogen-bond donors (Lipinski definition) is 1. The molecule has 4 nitrogen and oxygen atoms in total. The van der Waals surface area contributed by atoms with Gasteiger partial charge in [-0.3, -0.25) is 0 Å². The summed E-state index contributed by atoms with van der Waals surface area (Å²) in [7, 11) is 0. The Morgan fingerprint density at radius 1 is 1.55 bits per heavy atom. The fourth-order valence-electron chi connectivity index (χ4n) is 0.799. The molecule has 0 aliphatic heterocycles. The third kappa shape index (κ3) is 1.19. The second-order valence-electron chi connectivity index (χ2n) is 2.02. The van der Waals surface area contributed by atoms with Crippen LogP contribution in [0.3, 0.4) is 0 Å². The van der Waals surface area contributed by atoms with Crippen LogP contribution in [0, 0.1) is 0 Å². The number of rotatable bonds is 1. The van der Waals surface area contributed by atoms with E-state index >= 15 is 0 Å². The van der Waals surface area contributed by atoms with Gasteiger partial charge in [0.15, 0.2) is 0 Å². The van der Waals surface area contributed by atoms with Crippen LogP contribution in [0.15, 0.2) is 29.3 Å². The van der Waals surface area contributed by atoms with E-state index in [-0.39, 0.29) is 0 Å². The maximum absolute atomic E-state index is 4.03. The van der Waals surface area contributed by atoms with Crippen molar-refractivity contribution in [1.82, 2.24) is 19.7 Å². The van der Waals surface area contributed by atoms with Crippen molar-refractivity contribution in [2.75, 3.05) is 0 Å². The maximum atomic E-state index is 4.03. The van der Waals surface area contributed by atoms with E-state index in [1.807, 2.05) is 6.20 Å². The van der Waals surface area contributed by atoms with Crippen LogP contribution in [0.5, 0.6) is 0 Å². The monoisotopic (exact) mass is 212 g/mol. The zero-order chi connectivity index (χ0) is 7.68. The van der Waals surface area contributed by atoms with E-state index in [1.54, 1.807) is 23.3 Å². The lowest BCUT2D eigenvalue weighted by Crippen LogP contribution is -1.95. The van der Waals surface area contributed by atoms with Gasteiger partial charge in [-0.1, -0.05) is 0 Å². The highest BCUT2D eigenvalue weighted by Crippen LogP contribution is 2.08. The molecule has 1 N–H and O–H groups in total. The highest BCUT2D eigenvalue weighted by Gasteiger charge is 1.98. The smallest absolute Gasteiger partial charge is 0.227 e. The Kier molecular flexibility index (Phi) is 1.50. The van der Waals surface area contributed by atoms with Crippen molar-refractivity contribution in [3.8, 4) is 5.95 Å². The van der Waals surface area contributed by atoms with E-state index in [0.717, 1.165) is 10.4 Å². The van der Waals surface area contributed by atoms with Crippen molar-refractivity contribution >= 4 is 15.9 Å². The number of H-pyrrole nitrogens is 1. The van der Waals surface area contributed by atoms with Crippen molar-refractivity contribution in [3.63, 3.8) is 0 Å². The highest BCUT2D eigenvalue weighted by atomic mass is 79.9. The van der Waals surface area contributed by atoms with E-state index < -0.39 is 0 Å². The Morgan fingerprint density at radius 2 is 2.45 bits per heavy atom. The molecule has 56 valence electrons. The summed E-state index contributed by atoms with van der Waals surface area (Å²) in [6.45, 7) is 0. The SMILES string of the molecule is Brc1cnn(-c2ncc[nH]2)c1. The minimum Gasteiger partial charge on any atom is -0.329 e. The van der Waals surface area contributed by atoms with Crippen LogP contribution < -0.4 is 0 Å². The summed E-state index contributed by atoms with van der Waals surface area (Å²) in [5.41, 5.74) is 0. The van der Waals surface area contributed by atoms with Gasteiger partial charge in [-0.25, -0.2) is 9.67 Å². The van der Waals surface area contributed by atoms with Crippen molar-refractivity contribution in [2.24, 2.45) is 0 Å². The first-order valence-corrected chi connectivity index (χ1v) is 3.85. The van der Waals surface area contributed by atoms with Crippen LogP contribution in [0.1, 0.15) is 0 Å². The molecule has 0 aromatic carbocycles. The topological polar surface area (TPSA) is 46.5 Å². The number of imidazole rings is 1. The van der Waals surface area contributed by atoms with Gasteiger partial charge < -0.3 is 4.98 Å². The van der Waals surface area contributed by atoms with Gasteiger partial charge in [0.25, 0.3) is 0 Å². The molecule has 0 amide bonds. The zero-order valence-corrected chi connectivity index (χ0v) is 7.12. The third-order valence-electron chi connectivity index (χ3n) is 1.25. The van der Waals surface area contributed by atoms with E-state index in [2.05, 4.69) is 31.0 Å². The average Bonchev–Trinajstić information content (AvgIpc) is 2.55. The Bertz CT molecular complexity index is 337. The lowest BCUT2D eigenvalue weighted by atomic mass is 10.7. The molecular weight excluding hydrogens is 208 g/mol. The Hall–Kier alpha value is -1.10. The zero-order valence-electron chi connectivity index (χ0n) is 5.53. The molecule has 0 saturated heterocycles. The minimum atomic E-state index is 0.718. The molecule has 2 aromatic rings. The van der Waals surface area contributed by atoms with Gasteiger partial charge in [0.2, 0.25) is 5.95 Å². The predicted molar refractivity (Wildman–Crippen MR) is 43.4 cm³/mol. The number of nitrogens with one attached hydrogen (secondary N) is 1. The second-order valence-corrected chi connectivity index (χ2v) is 2.93. The summed E-state index contributed by atoms with van der Waals surface area (Å²) in [6, 6.07) is 0. The fraction of sp³-hybridized carbons (Fsp3) is 0. The van der Waals surface area contributed by atoms with Crippen LogP contribution in [0.4, 0.5) is 0 Å². The Morgan fingerprint density at radius 3 is 3.00 bits per heavy atom. The number of hydrogen-bond acceptors (Lipinski definition) is 2. The van der Waals surface area contributed by atoms with E-state index in [1.165, 1.54) is 0 Å². The van der Waals surface area contributed by atoms with Crippen LogP contribution in [-0.4, -0.2) is 19.7 Å². The lowest BCUT2D eigenvalue weighted by molar-refractivity contribution is 0.825. The van der Waals surface area contributed by atoms with Crippen molar-refractivity contribution in [1.29, 1.82) is 0 Å². The molecule has 0 fully saturated rings. The molecule has 0 aliphatic carbocycles. The largest absolute Gasteiger partial charge is 0.329 e. The number of aromatic nitrogens is 4. The number of nitrogens with zero attached hydrogens (tertiary/aromatic N) is 3. The van der Waals surface area contributed by atoms with Gasteiger partial charge in [0, 0.05) is 18.6 Å².